The average molecular weight is 420 g/mol. The highest BCUT2D eigenvalue weighted by Gasteiger charge is 2.20. The summed E-state index contributed by atoms with van der Waals surface area (Å²) in [7, 11) is 0. The lowest BCUT2D eigenvalue weighted by Gasteiger charge is -2.27. The third-order valence-electron chi connectivity index (χ3n) is 5.70. The monoisotopic (exact) mass is 419 g/mol. The van der Waals surface area contributed by atoms with E-state index in [0.29, 0.717) is 5.02 Å². The molecule has 148 valence electrons. The largest absolute Gasteiger partial charge is 0.454 e. The second kappa shape index (κ2) is 7.19. The minimum atomic E-state index is 0.627. The van der Waals surface area contributed by atoms with Crippen LogP contribution in [0.15, 0.2) is 114 Å². The number of nitrogens with zero attached hydrogens (tertiary/aromatic N) is 1. The van der Waals surface area contributed by atoms with Gasteiger partial charge in [0, 0.05) is 32.9 Å². The van der Waals surface area contributed by atoms with Crippen molar-refractivity contribution in [1.82, 2.24) is 0 Å². The van der Waals surface area contributed by atoms with E-state index in [9.17, 15) is 0 Å². The Hall–Kier alpha value is -3.75. The molecule has 5 aromatic carbocycles. The van der Waals surface area contributed by atoms with E-state index in [2.05, 4.69) is 89.8 Å². The summed E-state index contributed by atoms with van der Waals surface area (Å²) < 4.78 is 6.29. The van der Waals surface area contributed by atoms with Crippen LogP contribution in [0, 0.1) is 0 Å². The Morgan fingerprint density at radius 3 is 1.74 bits per heavy atom. The molecule has 0 unspecified atom stereocenters. The van der Waals surface area contributed by atoms with Gasteiger partial charge in [0.05, 0.1) is 10.7 Å². The van der Waals surface area contributed by atoms with Crippen molar-refractivity contribution in [2.75, 3.05) is 4.90 Å². The van der Waals surface area contributed by atoms with Crippen LogP contribution in [0.5, 0.6) is 0 Å². The zero-order valence-corrected chi connectivity index (χ0v) is 17.4. The van der Waals surface area contributed by atoms with Crippen LogP contribution >= 0.6 is 11.6 Å². The number of benzene rings is 5. The maximum atomic E-state index is 6.47. The second-order valence-electron chi connectivity index (χ2n) is 7.54. The van der Waals surface area contributed by atoms with Crippen molar-refractivity contribution < 1.29 is 4.42 Å². The van der Waals surface area contributed by atoms with Crippen molar-refractivity contribution in [2.45, 2.75) is 0 Å². The maximum Gasteiger partial charge on any atom is 0.154 e. The summed E-state index contributed by atoms with van der Waals surface area (Å²) in [5.74, 6) is 0. The SMILES string of the molecule is Clc1cccc2c1oc1c3ccccc3c(N(c3ccccc3)c3ccccc3)cc21. The minimum Gasteiger partial charge on any atom is -0.454 e. The topological polar surface area (TPSA) is 16.4 Å². The van der Waals surface area contributed by atoms with Gasteiger partial charge in [-0.05, 0) is 36.4 Å². The van der Waals surface area contributed by atoms with E-state index < -0.39 is 0 Å². The molecule has 1 aromatic heterocycles. The Kier molecular flexibility index (Phi) is 4.19. The first kappa shape index (κ1) is 18.1. The van der Waals surface area contributed by atoms with Crippen LogP contribution < -0.4 is 4.90 Å². The molecule has 0 aliphatic carbocycles. The molecule has 6 rings (SSSR count). The molecule has 0 saturated heterocycles. The van der Waals surface area contributed by atoms with Gasteiger partial charge in [0.2, 0.25) is 0 Å². The zero-order chi connectivity index (χ0) is 20.8. The number of fused-ring (bicyclic) bond motifs is 5. The van der Waals surface area contributed by atoms with E-state index in [1.165, 1.54) is 0 Å². The first-order valence-electron chi connectivity index (χ1n) is 10.2. The van der Waals surface area contributed by atoms with Gasteiger partial charge in [-0.3, -0.25) is 0 Å². The van der Waals surface area contributed by atoms with Crippen molar-refractivity contribution in [3.05, 3.63) is 114 Å². The van der Waals surface area contributed by atoms with Crippen LogP contribution in [0.1, 0.15) is 0 Å². The summed E-state index contributed by atoms with van der Waals surface area (Å²) in [5.41, 5.74) is 4.90. The van der Waals surface area contributed by atoms with Crippen LogP contribution in [-0.4, -0.2) is 0 Å². The molecular formula is C28H18ClNO. The number of hydrogen-bond donors (Lipinski definition) is 0. The Bertz CT molecular complexity index is 1500. The molecule has 1 heterocycles. The molecule has 0 N–H and O–H groups in total. The van der Waals surface area contributed by atoms with Crippen molar-refractivity contribution in [3.8, 4) is 0 Å². The number of furan rings is 1. The molecule has 0 fully saturated rings. The van der Waals surface area contributed by atoms with Gasteiger partial charge in [-0.1, -0.05) is 84.4 Å². The molecule has 0 aliphatic heterocycles. The van der Waals surface area contributed by atoms with Gasteiger partial charge in [0.25, 0.3) is 0 Å². The van der Waals surface area contributed by atoms with Gasteiger partial charge in [-0.15, -0.1) is 0 Å². The quantitative estimate of drug-likeness (QED) is 0.284. The van der Waals surface area contributed by atoms with Crippen LogP contribution in [-0.2, 0) is 0 Å². The summed E-state index contributed by atoms with van der Waals surface area (Å²) in [6.45, 7) is 0. The highest BCUT2D eigenvalue weighted by molar-refractivity contribution is 6.36. The lowest BCUT2D eigenvalue weighted by molar-refractivity contribution is 0.673. The minimum absolute atomic E-state index is 0.627. The summed E-state index contributed by atoms with van der Waals surface area (Å²) in [6.07, 6.45) is 0. The number of para-hydroxylation sites is 3. The van der Waals surface area contributed by atoms with E-state index in [4.69, 9.17) is 16.0 Å². The summed E-state index contributed by atoms with van der Waals surface area (Å²) in [5, 5.41) is 4.90. The molecule has 0 bridgehead atoms. The van der Waals surface area contributed by atoms with E-state index >= 15 is 0 Å². The van der Waals surface area contributed by atoms with E-state index in [1.54, 1.807) is 0 Å². The zero-order valence-electron chi connectivity index (χ0n) is 16.6. The second-order valence-corrected chi connectivity index (χ2v) is 7.95. The highest BCUT2D eigenvalue weighted by Crippen LogP contribution is 2.44. The number of halogens is 1. The maximum absolute atomic E-state index is 6.47. The van der Waals surface area contributed by atoms with E-state index in [0.717, 1.165) is 49.8 Å². The van der Waals surface area contributed by atoms with Crippen LogP contribution in [0.4, 0.5) is 17.1 Å². The van der Waals surface area contributed by atoms with Crippen molar-refractivity contribution >= 4 is 61.4 Å². The summed E-state index contributed by atoms with van der Waals surface area (Å²) in [6, 6.07) is 37.4. The fraction of sp³-hybridized carbons (Fsp3) is 0. The number of rotatable bonds is 3. The standard InChI is InChI=1S/C28H18ClNO/c29-25-17-9-16-23-24-18-26(21-14-7-8-15-22(21)27(24)31-28(23)25)30(19-10-3-1-4-11-19)20-12-5-2-6-13-20/h1-18H. The van der Waals surface area contributed by atoms with Crippen LogP contribution in [0.3, 0.4) is 0 Å². The lowest BCUT2D eigenvalue weighted by Crippen LogP contribution is -2.10. The molecule has 0 spiro atoms. The molecule has 0 radical (unpaired) electrons. The Labute approximate surface area is 184 Å². The van der Waals surface area contributed by atoms with Gasteiger partial charge < -0.3 is 9.32 Å². The average Bonchev–Trinajstić information content (AvgIpc) is 3.21. The van der Waals surface area contributed by atoms with Crippen molar-refractivity contribution in [2.24, 2.45) is 0 Å². The fourth-order valence-electron chi connectivity index (χ4n) is 4.33. The number of anilines is 3. The molecule has 0 saturated carbocycles. The van der Waals surface area contributed by atoms with Crippen LogP contribution in [0.2, 0.25) is 5.02 Å². The Morgan fingerprint density at radius 2 is 1.06 bits per heavy atom. The van der Waals surface area contributed by atoms with Crippen LogP contribution in [0.25, 0.3) is 32.7 Å². The van der Waals surface area contributed by atoms with E-state index in [1.807, 2.05) is 24.3 Å². The molecule has 0 atom stereocenters. The first-order valence-corrected chi connectivity index (χ1v) is 10.6. The van der Waals surface area contributed by atoms with Crippen molar-refractivity contribution in [3.63, 3.8) is 0 Å². The molecule has 6 aromatic rings. The predicted octanol–water partition coefficient (Wildman–Crippen LogP) is 8.86. The molecule has 2 nitrogen and oxygen atoms in total. The normalized spacial score (nSPS) is 11.4. The van der Waals surface area contributed by atoms with Gasteiger partial charge >= 0.3 is 0 Å². The first-order chi connectivity index (χ1) is 15.3. The Balaban J connectivity index is 1.76. The van der Waals surface area contributed by atoms with Crippen molar-refractivity contribution in [1.29, 1.82) is 0 Å². The predicted molar refractivity (Wildman–Crippen MR) is 131 cm³/mol. The molecule has 0 aliphatic rings. The molecular weight excluding hydrogens is 402 g/mol. The molecule has 3 heteroatoms. The third kappa shape index (κ3) is 2.88. The Morgan fingerprint density at radius 1 is 0.516 bits per heavy atom. The number of hydrogen-bond acceptors (Lipinski definition) is 2. The van der Waals surface area contributed by atoms with Gasteiger partial charge in [0.15, 0.2) is 5.58 Å². The lowest BCUT2D eigenvalue weighted by atomic mass is 10.0. The van der Waals surface area contributed by atoms with Gasteiger partial charge in [-0.25, -0.2) is 0 Å². The van der Waals surface area contributed by atoms with Gasteiger partial charge in [-0.2, -0.15) is 0 Å². The highest BCUT2D eigenvalue weighted by atomic mass is 35.5. The van der Waals surface area contributed by atoms with Gasteiger partial charge in [0.1, 0.15) is 5.58 Å². The molecule has 31 heavy (non-hydrogen) atoms. The molecule has 0 amide bonds. The smallest absolute Gasteiger partial charge is 0.154 e. The summed E-state index contributed by atoms with van der Waals surface area (Å²) in [4.78, 5) is 2.30. The fourth-order valence-corrected chi connectivity index (χ4v) is 4.55. The van der Waals surface area contributed by atoms with E-state index in [-0.39, 0.29) is 0 Å². The summed E-state index contributed by atoms with van der Waals surface area (Å²) >= 11 is 6.47. The third-order valence-corrected chi connectivity index (χ3v) is 6.00.